The Balaban J connectivity index is 1.90. The van der Waals surface area contributed by atoms with Gasteiger partial charge in [-0.15, -0.1) is 0 Å². The van der Waals surface area contributed by atoms with Crippen molar-refractivity contribution < 1.29 is 14.3 Å². The molecule has 2 aromatic rings. The van der Waals surface area contributed by atoms with E-state index in [0.717, 1.165) is 22.4 Å². The Bertz CT molecular complexity index is 982. The number of nitrogens with zero attached hydrogens (tertiary/aromatic N) is 1. The summed E-state index contributed by atoms with van der Waals surface area (Å²) in [6, 6.07) is 11.4. The van der Waals surface area contributed by atoms with Crippen LogP contribution in [0, 0.1) is 13.8 Å². The summed E-state index contributed by atoms with van der Waals surface area (Å²) in [7, 11) is 1.57. The van der Waals surface area contributed by atoms with Gasteiger partial charge in [0.15, 0.2) is 16.6 Å². The average molecular weight is 394 g/mol. The lowest BCUT2D eigenvalue weighted by atomic mass is 10.1. The summed E-state index contributed by atoms with van der Waals surface area (Å²) in [5.74, 6) is 1.00. The first-order valence-electron chi connectivity index (χ1n) is 8.80. The lowest BCUT2D eigenvalue weighted by Gasteiger charge is -2.17. The van der Waals surface area contributed by atoms with E-state index < -0.39 is 0 Å². The molecule has 0 aliphatic carbocycles. The molecule has 1 N–H and O–H groups in total. The number of thiocarbonyl (C=S) groups is 1. The van der Waals surface area contributed by atoms with E-state index in [2.05, 4.69) is 11.9 Å². The molecule has 0 atom stereocenters. The molecule has 0 bridgehead atoms. The highest BCUT2D eigenvalue weighted by Gasteiger charge is 2.32. The van der Waals surface area contributed by atoms with Crippen molar-refractivity contribution in [2.45, 2.75) is 13.8 Å². The Kier molecular flexibility index (Phi) is 5.80. The van der Waals surface area contributed by atoms with E-state index in [1.807, 2.05) is 44.2 Å². The van der Waals surface area contributed by atoms with Gasteiger partial charge in [-0.05, 0) is 61.5 Å². The number of aryl methyl sites for hydroxylation is 2. The van der Waals surface area contributed by atoms with Crippen molar-refractivity contribution in [1.82, 2.24) is 5.32 Å². The molecule has 0 saturated carbocycles. The molecule has 1 saturated heterocycles. The molecule has 0 unspecified atom stereocenters. The SMILES string of the molecule is C=CCOc1ccc(/C=C2\NC(=S)N(c3ccc(C)cc3C)C2=O)cc1OC. The predicted molar refractivity (Wildman–Crippen MR) is 116 cm³/mol. The highest BCUT2D eigenvalue weighted by atomic mass is 32.1. The molecule has 0 aromatic heterocycles. The number of anilines is 1. The van der Waals surface area contributed by atoms with Crippen LogP contribution < -0.4 is 19.7 Å². The number of hydrogen-bond donors (Lipinski definition) is 1. The number of ether oxygens (including phenoxy) is 2. The molecule has 0 radical (unpaired) electrons. The standard InChI is InChI=1S/C22H22N2O3S/c1-5-10-27-19-9-7-16(13-20(19)26-4)12-17-21(25)24(22(28)23-17)18-8-6-14(2)11-15(18)3/h5-9,11-13H,1,10H2,2-4H3,(H,23,28)/b17-12-. The second-order valence-corrected chi connectivity index (χ2v) is 6.82. The quantitative estimate of drug-likeness (QED) is 0.453. The van der Waals surface area contributed by atoms with E-state index in [-0.39, 0.29) is 5.91 Å². The molecule has 1 heterocycles. The van der Waals surface area contributed by atoms with Crippen molar-refractivity contribution in [3.63, 3.8) is 0 Å². The predicted octanol–water partition coefficient (Wildman–Crippen LogP) is 4.14. The molecule has 6 heteroatoms. The number of carbonyl (C=O) groups excluding carboxylic acids is 1. The van der Waals surface area contributed by atoms with Gasteiger partial charge in [0.1, 0.15) is 12.3 Å². The Morgan fingerprint density at radius 1 is 1.18 bits per heavy atom. The maximum Gasteiger partial charge on any atom is 0.281 e. The van der Waals surface area contributed by atoms with Crippen molar-refractivity contribution in [2.75, 3.05) is 18.6 Å². The van der Waals surface area contributed by atoms with Crippen molar-refractivity contribution in [3.05, 3.63) is 71.4 Å². The minimum absolute atomic E-state index is 0.192. The second-order valence-electron chi connectivity index (χ2n) is 6.43. The van der Waals surface area contributed by atoms with Crippen molar-refractivity contribution >= 4 is 35.0 Å². The van der Waals surface area contributed by atoms with Crippen LogP contribution in [0.5, 0.6) is 11.5 Å². The summed E-state index contributed by atoms with van der Waals surface area (Å²) in [4.78, 5) is 14.5. The molecule has 5 nitrogen and oxygen atoms in total. The number of methoxy groups -OCH3 is 1. The Labute approximate surface area is 170 Å². The number of amides is 1. The van der Waals surface area contributed by atoms with Crippen LogP contribution in [0.15, 0.2) is 54.8 Å². The molecular weight excluding hydrogens is 372 g/mol. The first kappa shape index (κ1) is 19.6. The molecule has 144 valence electrons. The van der Waals surface area contributed by atoms with Crippen molar-refractivity contribution in [1.29, 1.82) is 0 Å². The maximum absolute atomic E-state index is 13.0. The van der Waals surface area contributed by atoms with Gasteiger partial charge in [0.2, 0.25) is 0 Å². The molecule has 1 amide bonds. The highest BCUT2D eigenvalue weighted by Crippen LogP contribution is 2.30. The normalized spacial score (nSPS) is 15.0. The van der Waals surface area contributed by atoms with Crippen LogP contribution in [0.2, 0.25) is 0 Å². The van der Waals surface area contributed by atoms with E-state index >= 15 is 0 Å². The number of carbonyl (C=O) groups is 1. The van der Waals surface area contributed by atoms with Crippen LogP contribution >= 0.6 is 12.2 Å². The third-order valence-electron chi connectivity index (χ3n) is 4.33. The van der Waals surface area contributed by atoms with E-state index in [9.17, 15) is 4.79 Å². The molecule has 2 aromatic carbocycles. The van der Waals surface area contributed by atoms with Gasteiger partial charge in [-0.3, -0.25) is 9.69 Å². The van der Waals surface area contributed by atoms with Crippen LogP contribution in [-0.2, 0) is 4.79 Å². The van der Waals surface area contributed by atoms with Gasteiger partial charge in [-0.25, -0.2) is 0 Å². The second kappa shape index (κ2) is 8.27. The van der Waals surface area contributed by atoms with Crippen LogP contribution in [0.1, 0.15) is 16.7 Å². The molecule has 1 aliphatic rings. The fraction of sp³-hybridized carbons (Fsp3) is 0.182. The number of rotatable bonds is 6. The van der Waals surface area contributed by atoms with Gasteiger partial charge >= 0.3 is 0 Å². The lowest BCUT2D eigenvalue weighted by molar-refractivity contribution is -0.113. The lowest BCUT2D eigenvalue weighted by Crippen LogP contribution is -2.30. The molecule has 1 aliphatic heterocycles. The van der Waals surface area contributed by atoms with Crippen LogP contribution in [-0.4, -0.2) is 24.7 Å². The van der Waals surface area contributed by atoms with Gasteiger partial charge in [0.25, 0.3) is 5.91 Å². The van der Waals surface area contributed by atoms with Gasteiger partial charge < -0.3 is 14.8 Å². The topological polar surface area (TPSA) is 50.8 Å². The van der Waals surface area contributed by atoms with E-state index in [0.29, 0.717) is 28.9 Å². The highest BCUT2D eigenvalue weighted by molar-refractivity contribution is 7.80. The first-order valence-corrected chi connectivity index (χ1v) is 9.21. The molecule has 1 fully saturated rings. The fourth-order valence-corrected chi connectivity index (χ4v) is 3.31. The minimum Gasteiger partial charge on any atom is -0.493 e. The minimum atomic E-state index is -0.192. The largest absolute Gasteiger partial charge is 0.493 e. The molecule has 0 spiro atoms. The number of hydrogen-bond acceptors (Lipinski definition) is 4. The Morgan fingerprint density at radius 2 is 1.96 bits per heavy atom. The van der Waals surface area contributed by atoms with Crippen LogP contribution in [0.4, 0.5) is 5.69 Å². The van der Waals surface area contributed by atoms with Gasteiger partial charge in [0, 0.05) is 0 Å². The third kappa shape index (κ3) is 3.92. The van der Waals surface area contributed by atoms with Crippen molar-refractivity contribution in [3.8, 4) is 11.5 Å². The average Bonchev–Trinajstić information content (AvgIpc) is 2.94. The maximum atomic E-state index is 13.0. The number of benzene rings is 2. The number of nitrogens with one attached hydrogen (secondary N) is 1. The molecule has 28 heavy (non-hydrogen) atoms. The van der Waals surface area contributed by atoms with Gasteiger partial charge in [-0.1, -0.05) is 36.4 Å². The third-order valence-corrected chi connectivity index (χ3v) is 4.61. The zero-order valence-corrected chi connectivity index (χ0v) is 16.9. The van der Waals surface area contributed by atoms with E-state index in [1.165, 1.54) is 4.90 Å². The van der Waals surface area contributed by atoms with E-state index in [4.69, 9.17) is 21.7 Å². The monoisotopic (exact) mass is 394 g/mol. The summed E-state index contributed by atoms with van der Waals surface area (Å²) in [5.41, 5.74) is 4.11. The Hall–Kier alpha value is -3.12. The van der Waals surface area contributed by atoms with Gasteiger partial charge in [-0.2, -0.15) is 0 Å². The zero-order chi connectivity index (χ0) is 20.3. The summed E-state index contributed by atoms with van der Waals surface area (Å²) in [6.07, 6.45) is 3.41. The summed E-state index contributed by atoms with van der Waals surface area (Å²) < 4.78 is 10.9. The summed E-state index contributed by atoms with van der Waals surface area (Å²) in [5, 5.41) is 3.37. The van der Waals surface area contributed by atoms with Crippen LogP contribution in [0.25, 0.3) is 6.08 Å². The van der Waals surface area contributed by atoms with Crippen LogP contribution in [0.3, 0.4) is 0 Å². The fourth-order valence-electron chi connectivity index (χ4n) is 3.02. The Morgan fingerprint density at radius 3 is 2.64 bits per heavy atom. The smallest absolute Gasteiger partial charge is 0.281 e. The molecule has 3 rings (SSSR count). The van der Waals surface area contributed by atoms with Gasteiger partial charge in [0.05, 0.1) is 12.8 Å². The van der Waals surface area contributed by atoms with Crippen molar-refractivity contribution in [2.24, 2.45) is 0 Å². The summed E-state index contributed by atoms with van der Waals surface area (Å²) in [6.45, 7) is 8.00. The first-order chi connectivity index (χ1) is 13.4. The van der Waals surface area contributed by atoms with E-state index in [1.54, 1.807) is 25.3 Å². The summed E-state index contributed by atoms with van der Waals surface area (Å²) >= 11 is 5.40. The molecular formula is C22H22N2O3S. The zero-order valence-electron chi connectivity index (χ0n) is 16.1.